The molecule has 2 rings (SSSR count). The van der Waals surface area contributed by atoms with Gasteiger partial charge in [-0.3, -0.25) is 0 Å². The maximum absolute atomic E-state index is 12.8. The molecule has 0 aliphatic heterocycles. The summed E-state index contributed by atoms with van der Waals surface area (Å²) in [6, 6.07) is 6.32. The summed E-state index contributed by atoms with van der Waals surface area (Å²) in [6.07, 6.45) is 1.56. The number of anilines is 1. The maximum Gasteiger partial charge on any atom is 0.240 e. The van der Waals surface area contributed by atoms with Crippen LogP contribution in [0.25, 0.3) is 0 Å². The number of sulfonamides is 1. The van der Waals surface area contributed by atoms with Crippen LogP contribution in [0.2, 0.25) is 0 Å². The second-order valence-electron chi connectivity index (χ2n) is 4.50. The van der Waals surface area contributed by atoms with Gasteiger partial charge in [-0.2, -0.15) is 0 Å². The van der Waals surface area contributed by atoms with Crippen molar-refractivity contribution in [2.45, 2.75) is 11.4 Å². The number of nitrogens with zero attached hydrogens (tertiary/aromatic N) is 3. The molecule has 0 fully saturated rings. The summed E-state index contributed by atoms with van der Waals surface area (Å²) in [7, 11) is -0.0623. The zero-order valence-electron chi connectivity index (χ0n) is 11.6. The van der Waals surface area contributed by atoms with Gasteiger partial charge in [0.15, 0.2) is 0 Å². The molecule has 0 atom stereocenters. The number of rotatable bonds is 5. The fourth-order valence-electron chi connectivity index (χ4n) is 1.58. The Morgan fingerprint density at radius 2 is 1.86 bits per heavy atom. The van der Waals surface area contributed by atoms with Crippen molar-refractivity contribution >= 4 is 15.8 Å². The third-order valence-corrected chi connectivity index (χ3v) is 4.11. The molecule has 1 aromatic carbocycles. The molecular formula is C13H15FN4O2S. The van der Waals surface area contributed by atoms with Gasteiger partial charge in [0.25, 0.3) is 0 Å². The van der Waals surface area contributed by atoms with E-state index in [-0.39, 0.29) is 11.4 Å². The monoisotopic (exact) mass is 310 g/mol. The number of hydrogen-bond donors (Lipinski definition) is 1. The Balaban J connectivity index is 2.11. The molecule has 0 saturated heterocycles. The Hall–Kier alpha value is -2.06. The Kier molecular flexibility index (Phi) is 4.49. The number of nitrogens with one attached hydrogen (secondary N) is 1. The van der Waals surface area contributed by atoms with Crippen LogP contribution in [0.15, 0.2) is 41.4 Å². The molecule has 1 N–H and O–H groups in total. The van der Waals surface area contributed by atoms with Crippen molar-refractivity contribution < 1.29 is 12.8 Å². The molecule has 0 amide bonds. The van der Waals surface area contributed by atoms with Crippen molar-refractivity contribution in [3.05, 3.63) is 48.2 Å². The van der Waals surface area contributed by atoms with E-state index in [0.29, 0.717) is 11.6 Å². The molecule has 0 saturated carbocycles. The van der Waals surface area contributed by atoms with E-state index in [2.05, 4.69) is 14.7 Å². The first-order valence-electron chi connectivity index (χ1n) is 6.13. The molecule has 0 radical (unpaired) electrons. The third-order valence-electron chi connectivity index (χ3n) is 2.69. The van der Waals surface area contributed by atoms with Crippen LogP contribution in [0.4, 0.5) is 10.2 Å². The normalized spacial score (nSPS) is 11.4. The van der Waals surface area contributed by atoms with E-state index in [1.807, 2.05) is 14.1 Å². The predicted molar refractivity (Wildman–Crippen MR) is 76.8 cm³/mol. The Bertz CT molecular complexity index is 717. The molecule has 21 heavy (non-hydrogen) atoms. The Morgan fingerprint density at radius 1 is 1.19 bits per heavy atom. The van der Waals surface area contributed by atoms with Crippen molar-refractivity contribution in [3.63, 3.8) is 0 Å². The van der Waals surface area contributed by atoms with Gasteiger partial charge in [-0.05, 0) is 30.3 Å². The first-order valence-corrected chi connectivity index (χ1v) is 7.61. The van der Waals surface area contributed by atoms with Crippen molar-refractivity contribution in [1.82, 2.24) is 14.7 Å². The first-order chi connectivity index (χ1) is 9.88. The summed E-state index contributed by atoms with van der Waals surface area (Å²) in [4.78, 5) is 10.0. The highest BCUT2D eigenvalue weighted by Gasteiger charge is 2.14. The molecular weight excluding hydrogens is 295 g/mol. The van der Waals surface area contributed by atoms with Gasteiger partial charge in [-0.1, -0.05) is 0 Å². The molecule has 0 unspecified atom stereocenters. The number of hydrogen-bond acceptors (Lipinski definition) is 5. The molecule has 0 spiro atoms. The number of halogens is 1. The van der Waals surface area contributed by atoms with Gasteiger partial charge in [-0.25, -0.2) is 27.5 Å². The molecule has 0 aliphatic rings. The molecule has 112 valence electrons. The Labute approximate surface area is 122 Å². The van der Waals surface area contributed by atoms with Crippen molar-refractivity contribution in [1.29, 1.82) is 0 Å². The van der Waals surface area contributed by atoms with Crippen LogP contribution in [0.5, 0.6) is 0 Å². The third kappa shape index (κ3) is 3.96. The highest BCUT2D eigenvalue weighted by atomic mass is 32.2. The highest BCUT2D eigenvalue weighted by Crippen LogP contribution is 2.10. The van der Waals surface area contributed by atoms with Crippen LogP contribution in [-0.4, -0.2) is 32.5 Å². The standard InChI is InChI=1S/C13H15FN4O2S/c1-18(2)13-7-8-15-12(17-13)9-16-21(19,20)11-5-3-10(14)4-6-11/h3-8,16H,9H2,1-2H3. The van der Waals surface area contributed by atoms with E-state index in [1.165, 1.54) is 12.1 Å². The van der Waals surface area contributed by atoms with Crippen molar-refractivity contribution in [3.8, 4) is 0 Å². The van der Waals surface area contributed by atoms with Crippen molar-refractivity contribution in [2.75, 3.05) is 19.0 Å². The molecule has 0 aliphatic carbocycles. The second-order valence-corrected chi connectivity index (χ2v) is 6.27. The topological polar surface area (TPSA) is 75.2 Å². The predicted octanol–water partition coefficient (Wildman–Crippen LogP) is 1.16. The van der Waals surface area contributed by atoms with Crippen LogP contribution in [0.3, 0.4) is 0 Å². The fraction of sp³-hybridized carbons (Fsp3) is 0.231. The summed E-state index contributed by atoms with van der Waals surface area (Å²) < 4.78 is 39.3. The minimum atomic E-state index is -3.72. The van der Waals surface area contributed by atoms with Gasteiger partial charge in [0.05, 0.1) is 11.4 Å². The largest absolute Gasteiger partial charge is 0.363 e. The van der Waals surface area contributed by atoms with Gasteiger partial charge >= 0.3 is 0 Å². The smallest absolute Gasteiger partial charge is 0.240 e. The summed E-state index contributed by atoms with van der Waals surface area (Å²) in [6.45, 7) is -0.0403. The molecule has 8 heteroatoms. The van der Waals surface area contributed by atoms with Crippen LogP contribution >= 0.6 is 0 Å². The summed E-state index contributed by atoms with van der Waals surface area (Å²) >= 11 is 0. The molecule has 1 heterocycles. The van der Waals surface area contributed by atoms with Crippen LogP contribution in [0.1, 0.15) is 5.82 Å². The van der Waals surface area contributed by atoms with E-state index in [4.69, 9.17) is 0 Å². The van der Waals surface area contributed by atoms with E-state index in [0.717, 1.165) is 12.1 Å². The van der Waals surface area contributed by atoms with Crippen LogP contribution < -0.4 is 9.62 Å². The quantitative estimate of drug-likeness (QED) is 0.897. The van der Waals surface area contributed by atoms with E-state index in [9.17, 15) is 12.8 Å². The molecule has 0 bridgehead atoms. The molecule has 6 nitrogen and oxygen atoms in total. The summed E-state index contributed by atoms with van der Waals surface area (Å²) in [5.74, 6) is 0.545. The average Bonchev–Trinajstić information content (AvgIpc) is 2.46. The average molecular weight is 310 g/mol. The summed E-state index contributed by atoms with van der Waals surface area (Å²) in [5, 5.41) is 0. The lowest BCUT2D eigenvalue weighted by atomic mass is 10.4. The minimum Gasteiger partial charge on any atom is -0.363 e. The van der Waals surface area contributed by atoms with Crippen LogP contribution in [-0.2, 0) is 16.6 Å². The zero-order valence-corrected chi connectivity index (χ0v) is 12.4. The van der Waals surface area contributed by atoms with E-state index in [1.54, 1.807) is 17.2 Å². The lowest BCUT2D eigenvalue weighted by Gasteiger charge is -2.12. The lowest BCUT2D eigenvalue weighted by molar-refractivity contribution is 0.578. The minimum absolute atomic E-state index is 0.00679. The van der Waals surface area contributed by atoms with Crippen LogP contribution in [0, 0.1) is 5.82 Å². The van der Waals surface area contributed by atoms with Gasteiger partial charge in [-0.15, -0.1) is 0 Å². The zero-order chi connectivity index (χ0) is 15.5. The highest BCUT2D eigenvalue weighted by molar-refractivity contribution is 7.89. The fourth-order valence-corrected chi connectivity index (χ4v) is 2.56. The second kappa shape index (κ2) is 6.15. The number of benzene rings is 1. The van der Waals surface area contributed by atoms with Gasteiger partial charge in [0.1, 0.15) is 17.5 Å². The van der Waals surface area contributed by atoms with Gasteiger partial charge in [0, 0.05) is 20.3 Å². The van der Waals surface area contributed by atoms with E-state index < -0.39 is 15.8 Å². The van der Waals surface area contributed by atoms with Gasteiger partial charge in [0.2, 0.25) is 10.0 Å². The molecule has 1 aromatic heterocycles. The Morgan fingerprint density at radius 3 is 2.48 bits per heavy atom. The molecule has 2 aromatic rings. The first kappa shape index (κ1) is 15.3. The number of aromatic nitrogens is 2. The maximum atomic E-state index is 12.8. The SMILES string of the molecule is CN(C)c1ccnc(CNS(=O)(=O)c2ccc(F)cc2)n1. The van der Waals surface area contributed by atoms with E-state index >= 15 is 0 Å². The summed E-state index contributed by atoms with van der Waals surface area (Å²) in [5.41, 5.74) is 0. The lowest BCUT2D eigenvalue weighted by Crippen LogP contribution is -2.24. The van der Waals surface area contributed by atoms with Gasteiger partial charge < -0.3 is 4.90 Å². The van der Waals surface area contributed by atoms with Crippen molar-refractivity contribution in [2.24, 2.45) is 0 Å².